The smallest absolute Gasteiger partial charge is 0.335 e. The van der Waals surface area contributed by atoms with E-state index in [0.717, 1.165) is 20.3 Å². The number of aromatic hydroxyl groups is 1. The SMILES string of the molecule is Cc1ccccc1-n1c(O)c(C=Nc2nc3ccc(Cl)cc3s2)c(=O)[nH]c1=O. The summed E-state index contributed by atoms with van der Waals surface area (Å²) in [7, 11) is 0. The number of aromatic amines is 1. The van der Waals surface area contributed by atoms with Gasteiger partial charge in [-0.2, -0.15) is 0 Å². The first kappa shape index (κ1) is 18.1. The van der Waals surface area contributed by atoms with E-state index in [1.807, 2.05) is 6.07 Å². The minimum Gasteiger partial charge on any atom is -0.493 e. The number of nitrogens with zero attached hydrogens (tertiary/aromatic N) is 3. The van der Waals surface area contributed by atoms with E-state index < -0.39 is 17.1 Å². The van der Waals surface area contributed by atoms with Crippen LogP contribution in [0.3, 0.4) is 0 Å². The number of fused-ring (bicyclic) bond motifs is 1. The van der Waals surface area contributed by atoms with Crippen molar-refractivity contribution in [1.82, 2.24) is 14.5 Å². The third kappa shape index (κ3) is 3.23. The maximum Gasteiger partial charge on any atom is 0.335 e. The molecule has 2 aromatic carbocycles. The maximum absolute atomic E-state index is 12.3. The number of aliphatic imine (C=N–C) groups is 1. The predicted molar refractivity (Wildman–Crippen MR) is 111 cm³/mol. The van der Waals surface area contributed by atoms with Crippen molar-refractivity contribution in [2.45, 2.75) is 6.92 Å². The molecule has 0 atom stereocenters. The van der Waals surface area contributed by atoms with Crippen LogP contribution >= 0.6 is 22.9 Å². The molecule has 0 bridgehead atoms. The summed E-state index contributed by atoms with van der Waals surface area (Å²) in [5.74, 6) is -0.490. The van der Waals surface area contributed by atoms with Gasteiger partial charge in [0.15, 0.2) is 0 Å². The van der Waals surface area contributed by atoms with Crippen molar-refractivity contribution in [1.29, 1.82) is 0 Å². The fraction of sp³-hybridized carbons (Fsp3) is 0.0526. The van der Waals surface area contributed by atoms with Crippen molar-refractivity contribution in [2.75, 3.05) is 0 Å². The van der Waals surface area contributed by atoms with Gasteiger partial charge in [-0.05, 0) is 36.8 Å². The molecular weight excluding hydrogens is 400 g/mol. The highest BCUT2D eigenvalue weighted by Crippen LogP contribution is 2.30. The molecule has 28 heavy (non-hydrogen) atoms. The number of aryl methyl sites for hydroxylation is 1. The van der Waals surface area contributed by atoms with Gasteiger partial charge in [-0.15, -0.1) is 0 Å². The Morgan fingerprint density at radius 1 is 1.25 bits per heavy atom. The Morgan fingerprint density at radius 3 is 2.82 bits per heavy atom. The molecule has 0 saturated heterocycles. The van der Waals surface area contributed by atoms with Crippen LogP contribution in [0.4, 0.5) is 5.13 Å². The van der Waals surface area contributed by atoms with Gasteiger partial charge in [-0.1, -0.05) is 41.1 Å². The van der Waals surface area contributed by atoms with Crippen molar-refractivity contribution in [3.63, 3.8) is 0 Å². The van der Waals surface area contributed by atoms with Gasteiger partial charge in [0.2, 0.25) is 11.0 Å². The molecular formula is C19H13ClN4O3S. The average molecular weight is 413 g/mol. The minimum atomic E-state index is -0.736. The monoisotopic (exact) mass is 412 g/mol. The number of thiazole rings is 1. The average Bonchev–Trinajstić information content (AvgIpc) is 3.04. The third-order valence-electron chi connectivity index (χ3n) is 4.12. The molecule has 0 aliphatic carbocycles. The van der Waals surface area contributed by atoms with Gasteiger partial charge in [0.25, 0.3) is 5.56 Å². The number of nitrogens with one attached hydrogen (secondary N) is 1. The van der Waals surface area contributed by atoms with Crippen molar-refractivity contribution < 1.29 is 5.11 Å². The van der Waals surface area contributed by atoms with Crippen LogP contribution in [0.5, 0.6) is 5.88 Å². The Balaban J connectivity index is 1.82. The zero-order valence-corrected chi connectivity index (χ0v) is 16.1. The molecule has 0 radical (unpaired) electrons. The molecule has 140 valence electrons. The van der Waals surface area contributed by atoms with Crippen LogP contribution in [-0.4, -0.2) is 25.9 Å². The summed E-state index contributed by atoms with van der Waals surface area (Å²) in [6.45, 7) is 1.80. The number of halogens is 1. The second-order valence-corrected chi connectivity index (χ2v) is 7.43. The Labute approximate surface area is 167 Å². The molecule has 2 heterocycles. The first-order valence-corrected chi connectivity index (χ1v) is 9.38. The van der Waals surface area contributed by atoms with Crippen LogP contribution in [0.2, 0.25) is 5.02 Å². The Kier molecular flexibility index (Phi) is 4.58. The van der Waals surface area contributed by atoms with Gasteiger partial charge in [-0.25, -0.2) is 19.3 Å². The molecule has 0 spiro atoms. The lowest BCUT2D eigenvalue weighted by atomic mass is 10.2. The topological polar surface area (TPSA) is 100 Å². The number of para-hydroxylation sites is 1. The largest absolute Gasteiger partial charge is 0.493 e. The summed E-state index contributed by atoms with van der Waals surface area (Å²) in [6.07, 6.45) is 1.20. The summed E-state index contributed by atoms with van der Waals surface area (Å²) in [5.41, 5.74) is 0.344. The molecule has 0 saturated carbocycles. The zero-order valence-electron chi connectivity index (χ0n) is 14.5. The van der Waals surface area contributed by atoms with Gasteiger partial charge >= 0.3 is 5.69 Å². The summed E-state index contributed by atoms with van der Waals surface area (Å²) < 4.78 is 1.89. The van der Waals surface area contributed by atoms with Crippen LogP contribution in [-0.2, 0) is 0 Å². The fourth-order valence-electron chi connectivity index (χ4n) is 2.75. The lowest BCUT2D eigenvalue weighted by molar-refractivity contribution is 0.430. The quantitative estimate of drug-likeness (QED) is 0.502. The number of aromatic nitrogens is 3. The Hall–Kier alpha value is -3.23. The number of rotatable bonds is 3. The fourth-order valence-corrected chi connectivity index (χ4v) is 3.84. The van der Waals surface area contributed by atoms with E-state index in [-0.39, 0.29) is 5.56 Å². The minimum absolute atomic E-state index is 0.139. The summed E-state index contributed by atoms with van der Waals surface area (Å²) in [5, 5.41) is 11.6. The van der Waals surface area contributed by atoms with Crippen LogP contribution in [0.15, 0.2) is 57.0 Å². The highest BCUT2D eigenvalue weighted by atomic mass is 35.5. The lowest BCUT2D eigenvalue weighted by Gasteiger charge is -2.11. The van der Waals surface area contributed by atoms with E-state index >= 15 is 0 Å². The molecule has 4 aromatic rings. The molecule has 2 aromatic heterocycles. The van der Waals surface area contributed by atoms with E-state index in [0.29, 0.717) is 15.8 Å². The number of benzene rings is 2. The van der Waals surface area contributed by atoms with Crippen LogP contribution in [0, 0.1) is 6.92 Å². The van der Waals surface area contributed by atoms with Crippen molar-refractivity contribution in [2.24, 2.45) is 4.99 Å². The van der Waals surface area contributed by atoms with E-state index in [1.165, 1.54) is 17.6 Å². The molecule has 2 N–H and O–H groups in total. The van der Waals surface area contributed by atoms with Gasteiger partial charge in [0, 0.05) is 11.2 Å². The van der Waals surface area contributed by atoms with Crippen molar-refractivity contribution >= 4 is 44.5 Å². The van der Waals surface area contributed by atoms with Crippen LogP contribution in [0.25, 0.3) is 15.9 Å². The second kappa shape index (κ2) is 7.06. The molecule has 0 aliphatic rings. The van der Waals surface area contributed by atoms with Gasteiger partial charge in [0.1, 0.15) is 5.56 Å². The van der Waals surface area contributed by atoms with Crippen molar-refractivity contribution in [3.8, 4) is 11.6 Å². The molecule has 4 rings (SSSR count). The van der Waals surface area contributed by atoms with Crippen LogP contribution < -0.4 is 11.2 Å². The number of hydrogen-bond donors (Lipinski definition) is 2. The summed E-state index contributed by atoms with van der Waals surface area (Å²) in [4.78, 5) is 35.2. The highest BCUT2D eigenvalue weighted by Gasteiger charge is 2.15. The Bertz CT molecular complexity index is 1350. The first-order valence-electron chi connectivity index (χ1n) is 8.18. The summed E-state index contributed by atoms with van der Waals surface area (Å²) in [6, 6.07) is 12.3. The molecule has 9 heteroatoms. The highest BCUT2D eigenvalue weighted by molar-refractivity contribution is 7.22. The molecule has 7 nitrogen and oxygen atoms in total. The van der Waals surface area contributed by atoms with E-state index in [1.54, 1.807) is 43.3 Å². The van der Waals surface area contributed by atoms with E-state index in [9.17, 15) is 14.7 Å². The molecule has 0 amide bonds. The third-order valence-corrected chi connectivity index (χ3v) is 5.28. The van der Waals surface area contributed by atoms with Gasteiger partial charge in [-0.3, -0.25) is 9.78 Å². The van der Waals surface area contributed by atoms with E-state index in [2.05, 4.69) is 15.0 Å². The number of hydrogen-bond acceptors (Lipinski definition) is 6. The summed E-state index contributed by atoms with van der Waals surface area (Å²) >= 11 is 7.27. The lowest BCUT2D eigenvalue weighted by Crippen LogP contribution is -2.31. The van der Waals surface area contributed by atoms with E-state index in [4.69, 9.17) is 11.6 Å². The van der Waals surface area contributed by atoms with Gasteiger partial charge in [0.05, 0.1) is 15.9 Å². The molecule has 0 fully saturated rings. The number of H-pyrrole nitrogens is 1. The van der Waals surface area contributed by atoms with Crippen LogP contribution in [0.1, 0.15) is 11.1 Å². The zero-order chi connectivity index (χ0) is 19.8. The molecule has 0 aliphatic heterocycles. The second-order valence-electron chi connectivity index (χ2n) is 5.99. The van der Waals surface area contributed by atoms with Gasteiger partial charge < -0.3 is 5.11 Å². The molecule has 0 unspecified atom stereocenters. The normalized spacial score (nSPS) is 11.5. The standard InChI is InChI=1S/C19H13ClN4O3S/c1-10-4-2-3-5-14(10)24-17(26)12(16(25)23-19(24)27)9-21-18-22-13-7-6-11(20)8-15(13)28-18/h2-9,26H,1H3,(H,23,25,27). The first-order chi connectivity index (χ1) is 13.4. The van der Waals surface area contributed by atoms with Crippen molar-refractivity contribution in [3.05, 3.63) is 79.5 Å². The Morgan fingerprint density at radius 2 is 2.04 bits per heavy atom. The maximum atomic E-state index is 12.3. The predicted octanol–water partition coefficient (Wildman–Crippen LogP) is 3.55.